The molecule has 1 aromatic heterocycles. The molecule has 0 bridgehead atoms. The van der Waals surface area contributed by atoms with Crippen molar-refractivity contribution in [1.82, 2.24) is 14.9 Å². The van der Waals surface area contributed by atoms with E-state index in [0.717, 1.165) is 24.0 Å². The van der Waals surface area contributed by atoms with Gasteiger partial charge in [-0.2, -0.15) is 0 Å². The molecule has 0 radical (unpaired) electrons. The molecule has 5 heteroatoms. The molecule has 1 aliphatic heterocycles. The molecule has 1 aromatic rings. The lowest BCUT2D eigenvalue weighted by Crippen LogP contribution is -2.43. The third-order valence-electron chi connectivity index (χ3n) is 2.20. The molecule has 0 spiro atoms. The molecule has 2 heterocycles. The number of nitrogens with zero attached hydrogens (tertiary/aromatic N) is 4. The summed E-state index contributed by atoms with van der Waals surface area (Å²) in [5.41, 5.74) is 0.999. The zero-order valence-electron chi connectivity index (χ0n) is 8.07. The predicted octanol–water partition coefficient (Wildman–Crippen LogP) is 0.125. The van der Waals surface area contributed by atoms with Gasteiger partial charge in [-0.05, 0) is 0 Å². The number of imidazole rings is 1. The van der Waals surface area contributed by atoms with E-state index in [4.69, 9.17) is 0 Å². The van der Waals surface area contributed by atoms with Crippen LogP contribution in [0.25, 0.3) is 0 Å². The number of fused-ring (bicyclic) bond motifs is 1. The Morgan fingerprint density at radius 1 is 1.46 bits per heavy atom. The van der Waals surface area contributed by atoms with Gasteiger partial charge in [0.2, 0.25) is 0 Å². The van der Waals surface area contributed by atoms with E-state index in [1.807, 2.05) is 14.1 Å². The number of hydrogen-bond donors (Lipinski definition) is 1. The van der Waals surface area contributed by atoms with E-state index >= 15 is 0 Å². The minimum Gasteiger partial charge on any atom is -0.340 e. The van der Waals surface area contributed by atoms with Crippen LogP contribution in [0.5, 0.6) is 0 Å². The average Bonchev–Trinajstić information content (AvgIpc) is 2.53. The molecule has 5 nitrogen and oxygen atoms in total. The van der Waals surface area contributed by atoms with E-state index < -0.39 is 0 Å². The molecule has 0 aliphatic carbocycles. The Hall–Kier alpha value is -1.52. The Morgan fingerprint density at radius 2 is 2.23 bits per heavy atom. The van der Waals surface area contributed by atoms with Crippen LogP contribution in [0.2, 0.25) is 0 Å². The van der Waals surface area contributed by atoms with Crippen LogP contribution in [0, 0.1) is 0 Å². The Labute approximate surface area is 77.1 Å². The van der Waals surface area contributed by atoms with E-state index in [1.54, 1.807) is 13.4 Å². The van der Waals surface area contributed by atoms with Crippen molar-refractivity contribution in [2.75, 3.05) is 32.7 Å². The molecule has 0 fully saturated rings. The Kier molecular flexibility index (Phi) is 1.72. The third-order valence-corrected chi connectivity index (χ3v) is 2.20. The monoisotopic (exact) mass is 179 g/mol. The second-order valence-corrected chi connectivity index (χ2v) is 3.19. The highest BCUT2D eigenvalue weighted by Gasteiger charge is 2.24. The molecule has 1 aliphatic rings. The van der Waals surface area contributed by atoms with Crippen LogP contribution in [-0.4, -0.2) is 48.5 Å². The van der Waals surface area contributed by atoms with Crippen molar-refractivity contribution in [2.45, 2.75) is 0 Å². The first kappa shape index (κ1) is 8.10. The maximum atomic E-state index is 4.23. The molecule has 0 saturated carbocycles. The lowest BCUT2D eigenvalue weighted by atomic mass is 10.3. The van der Waals surface area contributed by atoms with Crippen molar-refractivity contribution in [2.24, 2.45) is 4.99 Å². The number of hydrogen-bond acceptors (Lipinski definition) is 3. The molecule has 0 saturated heterocycles. The Balaban J connectivity index is 2.52. The first-order valence-corrected chi connectivity index (χ1v) is 4.17. The SMILES string of the molecule is CN=C1c2[nH]cnc2N(C)CN1C. The predicted molar refractivity (Wildman–Crippen MR) is 52.1 cm³/mol. The summed E-state index contributed by atoms with van der Waals surface area (Å²) in [6.07, 6.45) is 1.70. The first-order chi connectivity index (χ1) is 6.24. The highest BCUT2D eigenvalue weighted by atomic mass is 15.4. The van der Waals surface area contributed by atoms with Gasteiger partial charge in [0, 0.05) is 21.1 Å². The van der Waals surface area contributed by atoms with Gasteiger partial charge in [-0.1, -0.05) is 0 Å². The average molecular weight is 179 g/mol. The lowest BCUT2D eigenvalue weighted by Gasteiger charge is -2.32. The summed E-state index contributed by atoms with van der Waals surface area (Å²) in [7, 11) is 5.83. The first-order valence-electron chi connectivity index (χ1n) is 4.17. The van der Waals surface area contributed by atoms with Gasteiger partial charge in [-0.3, -0.25) is 4.99 Å². The normalized spacial score (nSPS) is 19.5. The van der Waals surface area contributed by atoms with Crippen LogP contribution in [0.4, 0.5) is 5.82 Å². The van der Waals surface area contributed by atoms with E-state index in [2.05, 4.69) is 24.8 Å². The maximum absolute atomic E-state index is 4.23. The van der Waals surface area contributed by atoms with Crippen molar-refractivity contribution in [1.29, 1.82) is 0 Å². The van der Waals surface area contributed by atoms with Crippen LogP contribution in [0.1, 0.15) is 5.69 Å². The van der Waals surface area contributed by atoms with Gasteiger partial charge in [0.25, 0.3) is 0 Å². The zero-order valence-corrected chi connectivity index (χ0v) is 8.07. The fourth-order valence-corrected chi connectivity index (χ4v) is 1.67. The van der Waals surface area contributed by atoms with E-state index in [0.29, 0.717) is 0 Å². The van der Waals surface area contributed by atoms with Gasteiger partial charge in [0.05, 0.1) is 13.0 Å². The summed E-state index contributed by atoms with van der Waals surface area (Å²) >= 11 is 0. The van der Waals surface area contributed by atoms with Crippen LogP contribution in [0.15, 0.2) is 11.3 Å². The second kappa shape index (κ2) is 2.76. The standard InChI is InChI=1S/C8H13N5/c1-9-7-6-8(11-4-10-6)13(3)5-12(7)2/h4H,5H2,1-3H3,(H,10,11). The fraction of sp³-hybridized carbons (Fsp3) is 0.500. The molecule has 0 atom stereocenters. The molecule has 70 valence electrons. The van der Waals surface area contributed by atoms with Crippen LogP contribution in [-0.2, 0) is 0 Å². The summed E-state index contributed by atoms with van der Waals surface area (Å²) in [5, 5.41) is 0. The summed E-state index contributed by atoms with van der Waals surface area (Å²) in [4.78, 5) is 15.7. The molecular formula is C8H13N5. The van der Waals surface area contributed by atoms with Gasteiger partial charge in [0.1, 0.15) is 5.69 Å². The summed E-state index contributed by atoms with van der Waals surface area (Å²) in [5.74, 6) is 1.93. The Bertz CT molecular complexity index is 340. The Morgan fingerprint density at radius 3 is 2.92 bits per heavy atom. The number of rotatable bonds is 0. The summed E-state index contributed by atoms with van der Waals surface area (Å²) < 4.78 is 0. The number of amidine groups is 1. The van der Waals surface area contributed by atoms with Gasteiger partial charge in [-0.25, -0.2) is 4.98 Å². The van der Waals surface area contributed by atoms with Crippen LogP contribution >= 0.6 is 0 Å². The molecule has 0 unspecified atom stereocenters. The highest BCUT2D eigenvalue weighted by molar-refractivity contribution is 6.02. The molecular weight excluding hydrogens is 166 g/mol. The van der Waals surface area contributed by atoms with E-state index in [9.17, 15) is 0 Å². The van der Waals surface area contributed by atoms with Crippen molar-refractivity contribution < 1.29 is 0 Å². The number of anilines is 1. The molecule has 2 rings (SSSR count). The molecule has 13 heavy (non-hydrogen) atoms. The fourth-order valence-electron chi connectivity index (χ4n) is 1.67. The number of aliphatic imine (C=N–C) groups is 1. The summed E-state index contributed by atoms with van der Waals surface area (Å²) in [6, 6.07) is 0. The molecule has 1 N–H and O–H groups in total. The maximum Gasteiger partial charge on any atom is 0.159 e. The lowest BCUT2D eigenvalue weighted by molar-refractivity contribution is 0.491. The zero-order chi connectivity index (χ0) is 9.42. The van der Waals surface area contributed by atoms with Gasteiger partial charge < -0.3 is 14.8 Å². The highest BCUT2D eigenvalue weighted by Crippen LogP contribution is 2.21. The van der Waals surface area contributed by atoms with E-state index in [-0.39, 0.29) is 0 Å². The van der Waals surface area contributed by atoms with Crippen molar-refractivity contribution in [3.63, 3.8) is 0 Å². The van der Waals surface area contributed by atoms with Gasteiger partial charge in [-0.15, -0.1) is 0 Å². The van der Waals surface area contributed by atoms with Crippen molar-refractivity contribution >= 4 is 11.7 Å². The van der Waals surface area contributed by atoms with Crippen LogP contribution in [0.3, 0.4) is 0 Å². The van der Waals surface area contributed by atoms with Crippen molar-refractivity contribution in [3.05, 3.63) is 12.0 Å². The topological polar surface area (TPSA) is 47.5 Å². The van der Waals surface area contributed by atoms with Gasteiger partial charge in [0.15, 0.2) is 11.7 Å². The number of aromatic amines is 1. The van der Waals surface area contributed by atoms with Crippen LogP contribution < -0.4 is 4.90 Å². The van der Waals surface area contributed by atoms with Gasteiger partial charge >= 0.3 is 0 Å². The van der Waals surface area contributed by atoms with E-state index in [1.165, 1.54) is 0 Å². The minimum absolute atomic E-state index is 0.824. The van der Waals surface area contributed by atoms with Crippen molar-refractivity contribution in [3.8, 4) is 0 Å². The number of H-pyrrole nitrogens is 1. The third kappa shape index (κ3) is 1.07. The quantitative estimate of drug-likeness (QED) is 0.615. The number of aromatic nitrogens is 2. The molecule has 0 aromatic carbocycles. The largest absolute Gasteiger partial charge is 0.340 e. The minimum atomic E-state index is 0.824. The summed E-state index contributed by atoms with van der Waals surface area (Å²) in [6.45, 7) is 0.824. The molecule has 0 amide bonds. The number of nitrogens with one attached hydrogen (secondary N) is 1. The second-order valence-electron chi connectivity index (χ2n) is 3.19. The smallest absolute Gasteiger partial charge is 0.159 e.